The number of amides is 1. The molecule has 0 heterocycles. The molecule has 0 radical (unpaired) electrons. The Balaban J connectivity index is 4.76. The zero-order valence-corrected chi connectivity index (χ0v) is 11.3. The number of halogens is 5. The molecule has 0 bridgehead atoms. The molecule has 0 saturated heterocycles. The van der Waals surface area contributed by atoms with E-state index < -0.39 is 18.0 Å². The molecule has 0 unspecified atom stereocenters. The van der Waals surface area contributed by atoms with Crippen LogP contribution < -0.4 is 0 Å². The average molecular weight is 307 g/mol. The molecule has 0 N–H and O–H groups in total. The Kier molecular flexibility index (Phi) is 7.95. The van der Waals surface area contributed by atoms with Crippen molar-refractivity contribution in [3.8, 4) is 0 Å². The van der Waals surface area contributed by atoms with E-state index in [0.717, 1.165) is 0 Å². The molecule has 0 aliphatic carbocycles. The third kappa shape index (κ3) is 5.58. The van der Waals surface area contributed by atoms with Gasteiger partial charge in [-0.1, -0.05) is 0 Å². The van der Waals surface area contributed by atoms with Crippen LogP contribution in [0.3, 0.4) is 0 Å². The summed E-state index contributed by atoms with van der Waals surface area (Å²) in [6, 6.07) is 0. The van der Waals surface area contributed by atoms with Gasteiger partial charge in [-0.3, -0.25) is 4.79 Å². The Bertz CT molecular complexity index is 286. The van der Waals surface area contributed by atoms with Crippen LogP contribution in [0.2, 0.25) is 0 Å². The van der Waals surface area contributed by atoms with Crippen molar-refractivity contribution in [2.75, 3.05) is 39.5 Å². The average Bonchev–Trinajstić information content (AvgIpc) is 2.35. The Hall–Kier alpha value is -0.960. The maximum Gasteiger partial charge on any atom is 0.463 e. The molecular formula is C11H18F5NO3. The summed E-state index contributed by atoms with van der Waals surface area (Å²) < 4.78 is 72.2. The Morgan fingerprint density at radius 2 is 1.35 bits per heavy atom. The molecule has 0 aromatic heterocycles. The summed E-state index contributed by atoms with van der Waals surface area (Å²) in [4.78, 5) is 11.7. The van der Waals surface area contributed by atoms with Crippen LogP contribution in [0.4, 0.5) is 22.0 Å². The quantitative estimate of drug-likeness (QED) is 0.483. The van der Waals surface area contributed by atoms with E-state index in [-0.39, 0.29) is 39.5 Å². The summed E-state index contributed by atoms with van der Waals surface area (Å²) in [6.07, 6.45) is -5.92. The van der Waals surface area contributed by atoms with Crippen LogP contribution in [-0.4, -0.2) is 62.4 Å². The smallest absolute Gasteiger partial charge is 0.380 e. The number of alkyl halides is 5. The molecule has 20 heavy (non-hydrogen) atoms. The second-order valence-corrected chi connectivity index (χ2v) is 3.76. The molecule has 0 aliphatic heterocycles. The summed E-state index contributed by atoms with van der Waals surface area (Å²) in [7, 11) is 0. The van der Waals surface area contributed by atoms with Crippen molar-refractivity contribution >= 4 is 5.91 Å². The van der Waals surface area contributed by atoms with E-state index in [9.17, 15) is 26.7 Å². The van der Waals surface area contributed by atoms with Crippen LogP contribution >= 0.6 is 0 Å². The van der Waals surface area contributed by atoms with Gasteiger partial charge in [0, 0.05) is 26.3 Å². The third-order valence-corrected chi connectivity index (χ3v) is 2.33. The van der Waals surface area contributed by atoms with Crippen molar-refractivity contribution in [3.05, 3.63) is 0 Å². The van der Waals surface area contributed by atoms with E-state index in [2.05, 4.69) is 0 Å². The van der Waals surface area contributed by atoms with Gasteiger partial charge in [0.15, 0.2) is 0 Å². The zero-order valence-electron chi connectivity index (χ0n) is 11.3. The minimum absolute atomic E-state index is 0.123. The Morgan fingerprint density at radius 3 is 1.65 bits per heavy atom. The fraction of sp³-hybridized carbons (Fsp3) is 0.909. The zero-order chi connectivity index (χ0) is 15.8. The highest BCUT2D eigenvalue weighted by Gasteiger charge is 2.64. The molecule has 1 amide bonds. The fourth-order valence-corrected chi connectivity index (χ4v) is 1.27. The first-order valence-corrected chi connectivity index (χ1v) is 6.07. The molecule has 0 spiro atoms. The van der Waals surface area contributed by atoms with Crippen molar-refractivity contribution < 1.29 is 36.2 Å². The molecule has 0 rings (SSSR count). The molecule has 0 aliphatic rings. The first-order valence-electron chi connectivity index (χ1n) is 6.07. The van der Waals surface area contributed by atoms with Gasteiger partial charge in [0.1, 0.15) is 0 Å². The topological polar surface area (TPSA) is 38.8 Å². The number of ether oxygens (including phenoxy) is 2. The monoisotopic (exact) mass is 307 g/mol. The minimum Gasteiger partial charge on any atom is -0.380 e. The second-order valence-electron chi connectivity index (χ2n) is 3.76. The molecule has 120 valence electrons. The predicted molar refractivity (Wildman–Crippen MR) is 60.6 cm³/mol. The van der Waals surface area contributed by atoms with Crippen LogP contribution in [0.1, 0.15) is 13.8 Å². The highest BCUT2D eigenvalue weighted by Crippen LogP contribution is 2.36. The molecule has 0 aromatic carbocycles. The number of hydrogen-bond acceptors (Lipinski definition) is 3. The van der Waals surface area contributed by atoms with Gasteiger partial charge < -0.3 is 14.4 Å². The van der Waals surface area contributed by atoms with Crippen LogP contribution in [-0.2, 0) is 14.3 Å². The molecule has 0 saturated carbocycles. The summed E-state index contributed by atoms with van der Waals surface area (Å²) in [5.41, 5.74) is 0. The van der Waals surface area contributed by atoms with Crippen LogP contribution in [0, 0.1) is 0 Å². The SMILES string of the molecule is CCOCCN(CCOCC)C(=O)C(F)(F)C(F)(F)F. The molecule has 0 aromatic rings. The number of nitrogens with zero attached hydrogens (tertiary/aromatic N) is 1. The van der Waals surface area contributed by atoms with E-state index in [1.165, 1.54) is 0 Å². The lowest BCUT2D eigenvalue weighted by Crippen LogP contribution is -2.53. The maximum atomic E-state index is 13.0. The van der Waals surface area contributed by atoms with E-state index in [4.69, 9.17) is 9.47 Å². The number of carbonyl (C=O) groups is 1. The van der Waals surface area contributed by atoms with Gasteiger partial charge in [-0.05, 0) is 13.8 Å². The normalized spacial score (nSPS) is 12.6. The largest absolute Gasteiger partial charge is 0.463 e. The standard InChI is InChI=1S/C11H18F5NO3/c1-3-19-7-5-17(6-8-20-4-2)9(18)10(12,13)11(14,15)16/h3-8H2,1-2H3. The van der Waals surface area contributed by atoms with Crippen molar-refractivity contribution in [3.63, 3.8) is 0 Å². The number of rotatable bonds is 9. The molecule has 4 nitrogen and oxygen atoms in total. The van der Waals surface area contributed by atoms with Crippen LogP contribution in [0.15, 0.2) is 0 Å². The van der Waals surface area contributed by atoms with E-state index >= 15 is 0 Å². The minimum atomic E-state index is -5.92. The summed E-state index contributed by atoms with van der Waals surface area (Å²) >= 11 is 0. The van der Waals surface area contributed by atoms with Crippen molar-refractivity contribution in [1.29, 1.82) is 0 Å². The predicted octanol–water partition coefficient (Wildman–Crippen LogP) is 2.09. The lowest BCUT2D eigenvalue weighted by molar-refractivity contribution is -0.274. The van der Waals surface area contributed by atoms with Gasteiger partial charge in [-0.25, -0.2) is 0 Å². The van der Waals surface area contributed by atoms with Crippen molar-refractivity contribution in [2.45, 2.75) is 25.9 Å². The van der Waals surface area contributed by atoms with Gasteiger partial charge in [0.05, 0.1) is 13.2 Å². The highest BCUT2D eigenvalue weighted by molar-refractivity contribution is 5.84. The molecular weight excluding hydrogens is 289 g/mol. The van der Waals surface area contributed by atoms with Crippen molar-refractivity contribution in [2.24, 2.45) is 0 Å². The first-order chi connectivity index (χ1) is 9.18. The molecule has 0 fully saturated rings. The lowest BCUT2D eigenvalue weighted by Gasteiger charge is -2.27. The lowest BCUT2D eigenvalue weighted by atomic mass is 10.2. The van der Waals surface area contributed by atoms with Gasteiger partial charge in [-0.15, -0.1) is 0 Å². The summed E-state index contributed by atoms with van der Waals surface area (Å²) in [5.74, 6) is -7.70. The van der Waals surface area contributed by atoms with Crippen LogP contribution in [0.25, 0.3) is 0 Å². The Morgan fingerprint density at radius 1 is 0.950 bits per heavy atom. The first kappa shape index (κ1) is 19.0. The van der Waals surface area contributed by atoms with Crippen LogP contribution in [0.5, 0.6) is 0 Å². The van der Waals surface area contributed by atoms with Gasteiger partial charge in [-0.2, -0.15) is 22.0 Å². The fourth-order valence-electron chi connectivity index (χ4n) is 1.27. The Labute approximate surface area is 113 Å². The van der Waals surface area contributed by atoms with E-state index in [0.29, 0.717) is 4.90 Å². The van der Waals surface area contributed by atoms with Gasteiger partial charge in [0.2, 0.25) is 0 Å². The number of carbonyl (C=O) groups excluding carboxylic acids is 1. The maximum absolute atomic E-state index is 13.0. The van der Waals surface area contributed by atoms with E-state index in [1.807, 2.05) is 0 Å². The summed E-state index contributed by atoms with van der Waals surface area (Å²) in [6.45, 7) is 2.85. The molecule has 0 atom stereocenters. The summed E-state index contributed by atoms with van der Waals surface area (Å²) in [5, 5.41) is 0. The van der Waals surface area contributed by atoms with E-state index in [1.54, 1.807) is 13.8 Å². The van der Waals surface area contributed by atoms with Crippen molar-refractivity contribution in [1.82, 2.24) is 4.90 Å². The highest BCUT2D eigenvalue weighted by atomic mass is 19.4. The second kappa shape index (κ2) is 8.35. The third-order valence-electron chi connectivity index (χ3n) is 2.33. The van der Waals surface area contributed by atoms with Gasteiger partial charge >= 0.3 is 18.0 Å². The number of hydrogen-bond donors (Lipinski definition) is 0. The van der Waals surface area contributed by atoms with Gasteiger partial charge in [0.25, 0.3) is 0 Å². The molecule has 9 heteroatoms.